The molecule has 0 saturated carbocycles. The third kappa shape index (κ3) is 2.67. The fourth-order valence-electron chi connectivity index (χ4n) is 2.87. The largest absolute Gasteiger partial charge is 0.295 e. The van der Waals surface area contributed by atoms with Gasteiger partial charge >= 0.3 is 0 Å². The van der Waals surface area contributed by atoms with Gasteiger partial charge in [-0.05, 0) is 37.6 Å². The van der Waals surface area contributed by atoms with Crippen molar-refractivity contribution in [2.45, 2.75) is 26.4 Å². The van der Waals surface area contributed by atoms with Gasteiger partial charge in [0.05, 0.1) is 23.4 Å². The van der Waals surface area contributed by atoms with Crippen molar-refractivity contribution in [2.75, 3.05) is 13.1 Å². The maximum atomic E-state index is 13.1. The molecule has 1 aliphatic heterocycles. The number of benzene rings is 1. The van der Waals surface area contributed by atoms with E-state index < -0.39 is 0 Å². The summed E-state index contributed by atoms with van der Waals surface area (Å²) in [4.78, 5) is 2.25. The second kappa shape index (κ2) is 5.30. The van der Waals surface area contributed by atoms with Crippen molar-refractivity contribution in [3.63, 3.8) is 0 Å². The van der Waals surface area contributed by atoms with E-state index in [0.717, 1.165) is 24.3 Å². The molecule has 4 nitrogen and oxygen atoms in total. The van der Waals surface area contributed by atoms with Crippen LogP contribution in [0.5, 0.6) is 0 Å². The van der Waals surface area contributed by atoms with Gasteiger partial charge in [0.15, 0.2) is 0 Å². The van der Waals surface area contributed by atoms with Crippen LogP contribution in [0.3, 0.4) is 0 Å². The molecule has 5 heteroatoms. The van der Waals surface area contributed by atoms with Crippen LogP contribution in [0, 0.1) is 31.0 Å². The van der Waals surface area contributed by atoms with Crippen molar-refractivity contribution in [3.05, 3.63) is 52.6 Å². The number of likely N-dealkylation sites (tertiary alicyclic amines) is 1. The van der Waals surface area contributed by atoms with Crippen LogP contribution in [-0.4, -0.2) is 27.8 Å². The van der Waals surface area contributed by atoms with Gasteiger partial charge < -0.3 is 0 Å². The summed E-state index contributed by atoms with van der Waals surface area (Å²) in [6.07, 6.45) is 0. The highest BCUT2D eigenvalue weighted by molar-refractivity contribution is 5.38. The monoisotopic (exact) mass is 284 g/mol. The number of nitrogens with zero attached hydrogens (tertiary/aromatic N) is 4. The molecule has 1 aliphatic rings. The van der Waals surface area contributed by atoms with Gasteiger partial charge in [-0.2, -0.15) is 10.4 Å². The van der Waals surface area contributed by atoms with Crippen LogP contribution < -0.4 is 0 Å². The number of nitriles is 1. The Hall–Kier alpha value is -2.19. The topological polar surface area (TPSA) is 44.9 Å². The predicted molar refractivity (Wildman–Crippen MR) is 77.1 cm³/mol. The molecule has 0 aliphatic carbocycles. The van der Waals surface area contributed by atoms with Gasteiger partial charge in [-0.25, -0.2) is 4.39 Å². The first-order valence-electron chi connectivity index (χ1n) is 7.00. The van der Waals surface area contributed by atoms with Crippen LogP contribution in [0.15, 0.2) is 24.3 Å². The average molecular weight is 284 g/mol. The van der Waals surface area contributed by atoms with E-state index in [9.17, 15) is 4.39 Å². The molecule has 2 aromatic rings. The third-order valence-corrected chi connectivity index (χ3v) is 3.91. The Kier molecular flexibility index (Phi) is 3.48. The molecule has 1 aromatic carbocycles. The quantitative estimate of drug-likeness (QED) is 0.870. The normalized spacial score (nSPS) is 15.7. The maximum Gasteiger partial charge on any atom is 0.124 e. The molecule has 0 unspecified atom stereocenters. The van der Waals surface area contributed by atoms with E-state index in [2.05, 4.69) is 33.7 Å². The molecular weight excluding hydrogens is 267 g/mol. The fourth-order valence-corrected chi connectivity index (χ4v) is 2.87. The lowest BCUT2D eigenvalue weighted by Gasteiger charge is -2.40. The standard InChI is InChI=1S/C16H17FN4/c1-11-5-12(2)21(19-11)16-9-20(10-16)8-13-3-4-15(17)6-14(13)7-18/h3-6,16H,8-10H2,1-2H3. The molecule has 0 spiro atoms. The molecule has 21 heavy (non-hydrogen) atoms. The summed E-state index contributed by atoms with van der Waals surface area (Å²) < 4.78 is 15.2. The van der Waals surface area contributed by atoms with Crippen LogP contribution in [0.25, 0.3) is 0 Å². The Morgan fingerprint density at radius 1 is 1.33 bits per heavy atom. The van der Waals surface area contributed by atoms with Gasteiger partial charge in [0.2, 0.25) is 0 Å². The van der Waals surface area contributed by atoms with Crippen molar-refractivity contribution in [1.29, 1.82) is 5.26 Å². The molecule has 0 N–H and O–H groups in total. The molecule has 0 atom stereocenters. The first kappa shape index (κ1) is 13.8. The first-order chi connectivity index (χ1) is 10.1. The summed E-state index contributed by atoms with van der Waals surface area (Å²) in [5, 5.41) is 13.6. The van der Waals surface area contributed by atoms with E-state index in [-0.39, 0.29) is 5.82 Å². The molecule has 3 rings (SSSR count). The second-order valence-corrected chi connectivity index (χ2v) is 5.63. The number of aromatic nitrogens is 2. The van der Waals surface area contributed by atoms with Crippen LogP contribution in [0.2, 0.25) is 0 Å². The van der Waals surface area contributed by atoms with Crippen LogP contribution >= 0.6 is 0 Å². The lowest BCUT2D eigenvalue weighted by molar-refractivity contribution is 0.0892. The van der Waals surface area contributed by atoms with Gasteiger partial charge in [0, 0.05) is 25.3 Å². The third-order valence-electron chi connectivity index (χ3n) is 3.91. The molecule has 2 heterocycles. The second-order valence-electron chi connectivity index (χ2n) is 5.63. The minimum absolute atomic E-state index is 0.362. The lowest BCUT2D eigenvalue weighted by atomic mass is 10.0. The zero-order valence-corrected chi connectivity index (χ0v) is 12.2. The van der Waals surface area contributed by atoms with Crippen LogP contribution in [0.1, 0.15) is 28.6 Å². The van der Waals surface area contributed by atoms with Crippen molar-refractivity contribution in [1.82, 2.24) is 14.7 Å². The Bertz CT molecular complexity index is 708. The number of hydrogen-bond donors (Lipinski definition) is 0. The molecule has 0 amide bonds. The minimum Gasteiger partial charge on any atom is -0.295 e. The van der Waals surface area contributed by atoms with E-state index in [0.29, 0.717) is 18.2 Å². The Morgan fingerprint density at radius 2 is 2.10 bits per heavy atom. The average Bonchev–Trinajstić information content (AvgIpc) is 2.73. The summed E-state index contributed by atoms with van der Waals surface area (Å²) in [6.45, 7) is 6.56. The molecule has 1 saturated heterocycles. The highest BCUT2D eigenvalue weighted by Gasteiger charge is 2.30. The predicted octanol–water partition coefficient (Wildman–Crippen LogP) is 2.57. The number of aryl methyl sites for hydroxylation is 2. The van der Waals surface area contributed by atoms with E-state index in [1.54, 1.807) is 6.07 Å². The highest BCUT2D eigenvalue weighted by atomic mass is 19.1. The molecule has 1 aromatic heterocycles. The smallest absolute Gasteiger partial charge is 0.124 e. The van der Waals surface area contributed by atoms with Gasteiger partial charge in [0.1, 0.15) is 5.82 Å². The zero-order valence-electron chi connectivity index (χ0n) is 12.2. The molecule has 108 valence electrons. The van der Waals surface area contributed by atoms with Crippen LogP contribution in [-0.2, 0) is 6.54 Å². The SMILES string of the molecule is Cc1cc(C)n(C2CN(Cc3ccc(F)cc3C#N)C2)n1. The number of hydrogen-bond acceptors (Lipinski definition) is 3. The van der Waals surface area contributed by atoms with Crippen LogP contribution in [0.4, 0.5) is 4.39 Å². The Balaban J connectivity index is 1.65. The lowest BCUT2D eigenvalue weighted by Crippen LogP contribution is -2.47. The van der Waals surface area contributed by atoms with E-state index in [1.807, 2.05) is 6.92 Å². The minimum atomic E-state index is -0.362. The van der Waals surface area contributed by atoms with Gasteiger partial charge in [-0.15, -0.1) is 0 Å². The Labute approximate surface area is 123 Å². The number of rotatable bonds is 3. The molecule has 0 radical (unpaired) electrons. The Morgan fingerprint density at radius 3 is 2.71 bits per heavy atom. The van der Waals surface area contributed by atoms with Crippen molar-refractivity contribution in [3.8, 4) is 6.07 Å². The fraction of sp³-hybridized carbons (Fsp3) is 0.375. The van der Waals surface area contributed by atoms with Crippen molar-refractivity contribution >= 4 is 0 Å². The summed E-state index contributed by atoms with van der Waals surface area (Å²) in [7, 11) is 0. The maximum absolute atomic E-state index is 13.1. The summed E-state index contributed by atoms with van der Waals surface area (Å²) >= 11 is 0. The molecule has 1 fully saturated rings. The van der Waals surface area contributed by atoms with Crippen molar-refractivity contribution < 1.29 is 4.39 Å². The zero-order chi connectivity index (χ0) is 15.0. The summed E-state index contributed by atoms with van der Waals surface area (Å²) in [5.74, 6) is -0.362. The van der Waals surface area contributed by atoms with Gasteiger partial charge in [-0.3, -0.25) is 9.58 Å². The summed E-state index contributed by atoms with van der Waals surface area (Å²) in [5.41, 5.74) is 3.52. The van der Waals surface area contributed by atoms with E-state index in [1.165, 1.54) is 17.8 Å². The van der Waals surface area contributed by atoms with Crippen molar-refractivity contribution in [2.24, 2.45) is 0 Å². The first-order valence-corrected chi connectivity index (χ1v) is 7.00. The molecule has 0 bridgehead atoms. The van der Waals surface area contributed by atoms with E-state index >= 15 is 0 Å². The van der Waals surface area contributed by atoms with Gasteiger partial charge in [-0.1, -0.05) is 6.07 Å². The molecular formula is C16H17FN4. The van der Waals surface area contributed by atoms with E-state index in [4.69, 9.17) is 5.26 Å². The number of halogens is 1. The summed E-state index contributed by atoms with van der Waals surface area (Å²) in [6, 6.07) is 8.94. The highest BCUT2D eigenvalue weighted by Crippen LogP contribution is 2.25. The van der Waals surface area contributed by atoms with Gasteiger partial charge in [0.25, 0.3) is 0 Å².